The van der Waals surface area contributed by atoms with E-state index in [0.29, 0.717) is 36.6 Å². The van der Waals surface area contributed by atoms with E-state index in [1.54, 1.807) is 25.6 Å². The van der Waals surface area contributed by atoms with E-state index in [2.05, 4.69) is 31.7 Å². The van der Waals surface area contributed by atoms with Crippen LogP contribution < -0.4 is 15.4 Å². The van der Waals surface area contributed by atoms with Crippen LogP contribution in [0, 0.1) is 17.2 Å². The number of nitriles is 1. The molecule has 1 amide bonds. The van der Waals surface area contributed by atoms with Crippen molar-refractivity contribution in [1.29, 1.82) is 5.26 Å². The normalized spacial score (nSPS) is 11.6. The molecule has 2 aromatic carbocycles. The Morgan fingerprint density at radius 2 is 2.09 bits per heavy atom. The molecule has 0 aliphatic carbocycles. The summed E-state index contributed by atoms with van der Waals surface area (Å²) in [7, 11) is 1.62. The summed E-state index contributed by atoms with van der Waals surface area (Å²) in [6, 6.07) is 17.6. The van der Waals surface area contributed by atoms with E-state index < -0.39 is 0 Å². The largest absolute Gasteiger partial charge is 0.495 e. The number of imidazole rings is 1. The number of carbonyl (C=O) groups is 1. The number of hydrogen-bond donors (Lipinski definition) is 3. The fourth-order valence-corrected chi connectivity index (χ4v) is 3.65. The van der Waals surface area contributed by atoms with Crippen molar-refractivity contribution >= 4 is 22.4 Å². The summed E-state index contributed by atoms with van der Waals surface area (Å²) in [4.78, 5) is 24.4. The van der Waals surface area contributed by atoms with Gasteiger partial charge in [0.05, 0.1) is 30.5 Å². The molecule has 172 valence electrons. The van der Waals surface area contributed by atoms with Gasteiger partial charge in [-0.15, -0.1) is 0 Å². The van der Waals surface area contributed by atoms with Gasteiger partial charge in [0.2, 0.25) is 0 Å². The molecule has 1 unspecified atom stereocenters. The summed E-state index contributed by atoms with van der Waals surface area (Å²) in [6.07, 6.45) is 4.06. The van der Waals surface area contributed by atoms with E-state index in [-0.39, 0.29) is 11.8 Å². The number of hydrogen-bond acceptors (Lipinski definition) is 6. The first kappa shape index (κ1) is 22.8. The number of H-pyrrole nitrogens is 1. The lowest BCUT2D eigenvalue weighted by Gasteiger charge is -2.16. The van der Waals surface area contributed by atoms with Crippen molar-refractivity contribution in [3.05, 3.63) is 72.4 Å². The highest BCUT2D eigenvalue weighted by molar-refractivity contribution is 5.99. The number of pyridine rings is 1. The van der Waals surface area contributed by atoms with E-state index in [1.807, 2.05) is 49.4 Å². The van der Waals surface area contributed by atoms with E-state index in [0.717, 1.165) is 27.8 Å². The highest BCUT2D eigenvalue weighted by atomic mass is 16.5. The van der Waals surface area contributed by atoms with Gasteiger partial charge in [-0.2, -0.15) is 5.26 Å². The first-order valence-electron chi connectivity index (χ1n) is 11.1. The Morgan fingerprint density at radius 1 is 1.24 bits per heavy atom. The number of aromatic nitrogens is 3. The monoisotopic (exact) mass is 454 g/mol. The fourth-order valence-electron chi connectivity index (χ4n) is 3.65. The number of rotatable bonds is 9. The zero-order valence-corrected chi connectivity index (χ0v) is 19.1. The average molecular weight is 455 g/mol. The third-order valence-corrected chi connectivity index (χ3v) is 5.49. The number of anilines is 1. The van der Waals surface area contributed by atoms with Gasteiger partial charge in [-0.25, -0.2) is 9.97 Å². The maximum Gasteiger partial charge on any atom is 0.269 e. The van der Waals surface area contributed by atoms with Gasteiger partial charge in [0.25, 0.3) is 5.91 Å². The third kappa shape index (κ3) is 5.15. The van der Waals surface area contributed by atoms with Crippen LogP contribution in [0.3, 0.4) is 0 Å². The first-order valence-corrected chi connectivity index (χ1v) is 11.1. The molecule has 0 bridgehead atoms. The van der Waals surface area contributed by atoms with Crippen LogP contribution in [0.2, 0.25) is 0 Å². The van der Waals surface area contributed by atoms with Gasteiger partial charge >= 0.3 is 0 Å². The summed E-state index contributed by atoms with van der Waals surface area (Å²) in [5.74, 6) is 1.14. The van der Waals surface area contributed by atoms with Crippen LogP contribution in [-0.2, 0) is 6.42 Å². The number of nitrogens with zero attached hydrogens (tertiary/aromatic N) is 3. The van der Waals surface area contributed by atoms with Gasteiger partial charge in [0.1, 0.15) is 17.3 Å². The van der Waals surface area contributed by atoms with Crippen LogP contribution >= 0.6 is 0 Å². The van der Waals surface area contributed by atoms with Crippen molar-refractivity contribution < 1.29 is 9.53 Å². The summed E-state index contributed by atoms with van der Waals surface area (Å²) in [5, 5.41) is 17.4. The Balaban J connectivity index is 1.59. The Morgan fingerprint density at radius 3 is 2.85 bits per heavy atom. The molecule has 1 atom stereocenters. The quantitative estimate of drug-likeness (QED) is 0.349. The molecule has 0 saturated heterocycles. The average Bonchev–Trinajstić information content (AvgIpc) is 3.40. The molecule has 0 saturated carbocycles. The molecule has 0 radical (unpaired) electrons. The predicted molar refractivity (Wildman–Crippen MR) is 132 cm³/mol. The standard InChI is InChI=1S/C26H26N6O2/c1-17(15-27)16-31-25-20-14-19(7-6-18(20)8-9-23(25)34-2)21-4-3-5-22(32-21)26(33)30-11-10-24-28-12-13-29-24/h3-9,12-14,17,31H,10-11,16H2,1-2H3,(H,28,29)(H,30,33). The number of amides is 1. The molecule has 0 fully saturated rings. The third-order valence-electron chi connectivity index (χ3n) is 5.49. The molecule has 2 aromatic heterocycles. The molecule has 4 aromatic rings. The van der Waals surface area contributed by atoms with Crippen molar-refractivity contribution in [2.45, 2.75) is 13.3 Å². The molecule has 8 nitrogen and oxygen atoms in total. The number of methoxy groups -OCH3 is 1. The summed E-state index contributed by atoms with van der Waals surface area (Å²) in [5.41, 5.74) is 2.75. The number of aromatic amines is 1. The molecule has 2 heterocycles. The van der Waals surface area contributed by atoms with Crippen molar-refractivity contribution in [3.8, 4) is 23.1 Å². The Kier molecular flexibility index (Phi) is 7.04. The molecule has 8 heteroatoms. The Hall–Kier alpha value is -4.38. The van der Waals surface area contributed by atoms with Crippen molar-refractivity contribution in [1.82, 2.24) is 20.3 Å². The van der Waals surface area contributed by atoms with Gasteiger partial charge in [-0.3, -0.25) is 4.79 Å². The van der Waals surface area contributed by atoms with Gasteiger partial charge in [0.15, 0.2) is 0 Å². The topological polar surface area (TPSA) is 116 Å². The van der Waals surface area contributed by atoms with E-state index in [4.69, 9.17) is 10.00 Å². The number of benzene rings is 2. The molecular weight excluding hydrogens is 428 g/mol. The summed E-state index contributed by atoms with van der Waals surface area (Å²) in [6.45, 7) is 2.83. The zero-order valence-electron chi connectivity index (χ0n) is 19.1. The van der Waals surface area contributed by atoms with Crippen LogP contribution in [0.25, 0.3) is 22.0 Å². The number of ether oxygens (including phenoxy) is 1. The molecule has 0 aliphatic heterocycles. The minimum absolute atomic E-state index is 0.146. The summed E-state index contributed by atoms with van der Waals surface area (Å²) >= 11 is 0. The minimum Gasteiger partial charge on any atom is -0.495 e. The highest BCUT2D eigenvalue weighted by Crippen LogP contribution is 2.35. The van der Waals surface area contributed by atoms with Crippen molar-refractivity contribution in [2.24, 2.45) is 5.92 Å². The van der Waals surface area contributed by atoms with E-state index >= 15 is 0 Å². The maximum atomic E-state index is 12.6. The second-order valence-corrected chi connectivity index (χ2v) is 7.94. The molecular formula is C26H26N6O2. The van der Waals surface area contributed by atoms with Crippen LogP contribution in [0.15, 0.2) is 60.9 Å². The number of nitrogens with one attached hydrogen (secondary N) is 3. The molecule has 0 aliphatic rings. The lowest BCUT2D eigenvalue weighted by molar-refractivity contribution is 0.0949. The van der Waals surface area contributed by atoms with E-state index in [1.165, 1.54) is 0 Å². The van der Waals surface area contributed by atoms with Crippen molar-refractivity contribution in [2.75, 3.05) is 25.5 Å². The predicted octanol–water partition coefficient (Wildman–Crippen LogP) is 4.18. The molecule has 4 rings (SSSR count). The number of fused-ring (bicyclic) bond motifs is 1. The van der Waals surface area contributed by atoms with Gasteiger partial charge in [0, 0.05) is 42.9 Å². The lowest BCUT2D eigenvalue weighted by Crippen LogP contribution is -2.26. The van der Waals surface area contributed by atoms with Gasteiger partial charge in [-0.1, -0.05) is 24.3 Å². The second-order valence-electron chi connectivity index (χ2n) is 7.94. The molecule has 34 heavy (non-hydrogen) atoms. The van der Waals surface area contributed by atoms with Crippen LogP contribution in [0.1, 0.15) is 23.2 Å². The number of carbonyl (C=O) groups excluding carboxylic acids is 1. The zero-order chi connectivity index (χ0) is 23.9. The SMILES string of the molecule is COc1ccc2ccc(-c3cccc(C(=O)NCCc4ncc[nH]4)n3)cc2c1NCC(C)C#N. The lowest BCUT2D eigenvalue weighted by atomic mass is 10.0. The molecule has 0 spiro atoms. The molecule has 3 N–H and O–H groups in total. The Labute approximate surface area is 198 Å². The highest BCUT2D eigenvalue weighted by Gasteiger charge is 2.13. The van der Waals surface area contributed by atoms with Crippen LogP contribution in [0.4, 0.5) is 5.69 Å². The first-order chi connectivity index (χ1) is 16.6. The summed E-state index contributed by atoms with van der Waals surface area (Å²) < 4.78 is 5.56. The second kappa shape index (κ2) is 10.5. The van der Waals surface area contributed by atoms with Crippen LogP contribution in [-0.4, -0.2) is 41.1 Å². The maximum absolute atomic E-state index is 12.6. The Bertz CT molecular complexity index is 1330. The fraction of sp³-hybridized carbons (Fsp3) is 0.231. The van der Waals surface area contributed by atoms with Crippen LogP contribution in [0.5, 0.6) is 5.75 Å². The minimum atomic E-state index is -0.233. The van der Waals surface area contributed by atoms with E-state index in [9.17, 15) is 4.79 Å². The van der Waals surface area contributed by atoms with Crippen molar-refractivity contribution in [3.63, 3.8) is 0 Å². The van der Waals surface area contributed by atoms with Gasteiger partial charge in [-0.05, 0) is 36.6 Å². The smallest absolute Gasteiger partial charge is 0.269 e. The van der Waals surface area contributed by atoms with Gasteiger partial charge < -0.3 is 20.4 Å².